The standard InChI is InChI=1S/C42H52N2O2/c1-39(2,3)31-21-29(22-32(25-31)40(4,5)6)37(45)43-35-17-13-27(14-18-35)28-15-19-36(20-16-28)44-38(46)30-23-33(41(7,8)9)26-34(24-30)42(10,11)12/h13-26H,1-12H3,(H,43,45)(H,44,46). The summed E-state index contributed by atoms with van der Waals surface area (Å²) in [5.74, 6) is -0.237. The van der Waals surface area contributed by atoms with Crippen LogP contribution in [0.15, 0.2) is 84.9 Å². The summed E-state index contributed by atoms with van der Waals surface area (Å²) < 4.78 is 0. The summed E-state index contributed by atoms with van der Waals surface area (Å²) in [5, 5.41) is 6.16. The second-order valence-corrected chi connectivity index (χ2v) is 16.7. The Labute approximate surface area is 277 Å². The molecular formula is C42H52N2O2. The molecule has 0 atom stereocenters. The topological polar surface area (TPSA) is 58.2 Å². The van der Waals surface area contributed by atoms with E-state index in [2.05, 4.69) is 106 Å². The van der Waals surface area contributed by atoms with Crippen LogP contribution in [0.4, 0.5) is 11.4 Å². The molecule has 46 heavy (non-hydrogen) atoms. The zero-order chi connectivity index (χ0) is 34.2. The van der Waals surface area contributed by atoms with E-state index in [1.165, 1.54) is 0 Å². The molecule has 4 nitrogen and oxygen atoms in total. The van der Waals surface area contributed by atoms with Crippen LogP contribution in [0.5, 0.6) is 0 Å². The lowest BCUT2D eigenvalue weighted by molar-refractivity contribution is 0.101. The van der Waals surface area contributed by atoms with Gasteiger partial charge in [0, 0.05) is 22.5 Å². The van der Waals surface area contributed by atoms with Crippen LogP contribution in [0.1, 0.15) is 126 Å². The zero-order valence-corrected chi connectivity index (χ0v) is 29.9. The smallest absolute Gasteiger partial charge is 0.255 e. The molecule has 0 bridgehead atoms. The number of hydrogen-bond donors (Lipinski definition) is 2. The van der Waals surface area contributed by atoms with Gasteiger partial charge < -0.3 is 10.6 Å². The van der Waals surface area contributed by atoms with Crippen molar-refractivity contribution in [2.24, 2.45) is 0 Å². The largest absolute Gasteiger partial charge is 0.322 e. The summed E-state index contributed by atoms with van der Waals surface area (Å²) in [6.07, 6.45) is 0. The average Bonchev–Trinajstić information content (AvgIpc) is 2.95. The predicted octanol–water partition coefficient (Wildman–Crippen LogP) is 11.0. The molecule has 4 aromatic carbocycles. The number of amides is 2. The highest BCUT2D eigenvalue weighted by atomic mass is 16.2. The normalized spacial score (nSPS) is 12.5. The van der Waals surface area contributed by atoms with E-state index in [-0.39, 0.29) is 33.5 Å². The summed E-state index contributed by atoms with van der Waals surface area (Å²) in [6.45, 7) is 26.0. The second-order valence-electron chi connectivity index (χ2n) is 16.7. The molecule has 0 heterocycles. The lowest BCUT2D eigenvalue weighted by Crippen LogP contribution is -2.20. The lowest BCUT2D eigenvalue weighted by Gasteiger charge is -2.26. The molecule has 0 fully saturated rings. The third kappa shape index (κ3) is 8.54. The fraction of sp³-hybridized carbons (Fsp3) is 0.381. The van der Waals surface area contributed by atoms with Gasteiger partial charge in [-0.05, 0) is 104 Å². The van der Waals surface area contributed by atoms with Gasteiger partial charge in [-0.1, -0.05) is 119 Å². The molecule has 0 aromatic heterocycles. The molecule has 0 radical (unpaired) electrons. The first-order valence-electron chi connectivity index (χ1n) is 16.3. The van der Waals surface area contributed by atoms with Crippen molar-refractivity contribution in [2.45, 2.75) is 105 Å². The van der Waals surface area contributed by atoms with Crippen LogP contribution in [0, 0.1) is 0 Å². The monoisotopic (exact) mass is 616 g/mol. The number of rotatable bonds is 5. The number of hydrogen-bond acceptors (Lipinski definition) is 2. The predicted molar refractivity (Wildman–Crippen MR) is 195 cm³/mol. The number of carbonyl (C=O) groups excluding carboxylic acids is 2. The molecule has 4 aromatic rings. The molecule has 0 unspecified atom stereocenters. The first kappa shape index (κ1) is 34.7. The highest BCUT2D eigenvalue weighted by molar-refractivity contribution is 6.05. The van der Waals surface area contributed by atoms with Crippen LogP contribution in [0.2, 0.25) is 0 Å². The highest BCUT2D eigenvalue weighted by Crippen LogP contribution is 2.32. The summed E-state index contributed by atoms with van der Waals surface area (Å²) in [4.78, 5) is 26.7. The molecule has 4 heteroatoms. The van der Waals surface area contributed by atoms with Gasteiger partial charge in [0.15, 0.2) is 0 Å². The maximum atomic E-state index is 13.3. The Bertz CT molecular complexity index is 1520. The van der Waals surface area contributed by atoms with Crippen LogP contribution >= 0.6 is 0 Å². The van der Waals surface area contributed by atoms with E-state index in [1.807, 2.05) is 72.8 Å². The van der Waals surface area contributed by atoms with Gasteiger partial charge in [-0.3, -0.25) is 9.59 Å². The van der Waals surface area contributed by atoms with Crippen molar-refractivity contribution in [3.05, 3.63) is 118 Å². The van der Waals surface area contributed by atoms with Gasteiger partial charge in [-0.25, -0.2) is 0 Å². The molecule has 0 aliphatic carbocycles. The van der Waals surface area contributed by atoms with E-state index >= 15 is 0 Å². The van der Waals surface area contributed by atoms with Gasteiger partial charge in [0.25, 0.3) is 11.8 Å². The van der Waals surface area contributed by atoms with Gasteiger partial charge in [-0.2, -0.15) is 0 Å². The van der Waals surface area contributed by atoms with Crippen molar-refractivity contribution in [3.63, 3.8) is 0 Å². The van der Waals surface area contributed by atoms with E-state index in [1.54, 1.807) is 0 Å². The van der Waals surface area contributed by atoms with Crippen molar-refractivity contribution < 1.29 is 9.59 Å². The molecule has 0 saturated heterocycles. The minimum Gasteiger partial charge on any atom is -0.322 e. The number of anilines is 2. The minimum atomic E-state index is -0.118. The Morgan fingerprint density at radius 3 is 0.848 bits per heavy atom. The van der Waals surface area contributed by atoms with E-state index in [0.717, 1.165) is 44.8 Å². The lowest BCUT2D eigenvalue weighted by atomic mass is 9.79. The van der Waals surface area contributed by atoms with E-state index < -0.39 is 0 Å². The Morgan fingerprint density at radius 2 is 0.630 bits per heavy atom. The van der Waals surface area contributed by atoms with Crippen molar-refractivity contribution in [1.29, 1.82) is 0 Å². The first-order valence-corrected chi connectivity index (χ1v) is 16.3. The third-order valence-electron chi connectivity index (χ3n) is 8.47. The fourth-order valence-electron chi connectivity index (χ4n) is 5.15. The van der Waals surface area contributed by atoms with Gasteiger partial charge in [0.1, 0.15) is 0 Å². The molecule has 0 saturated carbocycles. The minimum absolute atomic E-state index is 0.0661. The number of carbonyl (C=O) groups is 2. The second kappa shape index (κ2) is 12.5. The molecule has 0 aliphatic rings. The summed E-state index contributed by atoms with van der Waals surface area (Å²) in [6, 6.07) is 28.2. The van der Waals surface area contributed by atoms with Gasteiger partial charge in [-0.15, -0.1) is 0 Å². The first-order chi connectivity index (χ1) is 21.1. The van der Waals surface area contributed by atoms with Crippen molar-refractivity contribution in [3.8, 4) is 11.1 Å². The van der Waals surface area contributed by atoms with E-state index in [0.29, 0.717) is 11.1 Å². The van der Waals surface area contributed by atoms with Crippen molar-refractivity contribution >= 4 is 23.2 Å². The van der Waals surface area contributed by atoms with Crippen LogP contribution in [0.3, 0.4) is 0 Å². The maximum absolute atomic E-state index is 13.3. The molecule has 0 aliphatic heterocycles. The van der Waals surface area contributed by atoms with Crippen molar-refractivity contribution in [2.75, 3.05) is 10.6 Å². The SMILES string of the molecule is CC(C)(C)c1cc(C(=O)Nc2ccc(-c3ccc(NC(=O)c4cc(C(C)(C)C)cc(C(C)(C)C)c4)cc3)cc2)cc(C(C)(C)C)c1. The Kier molecular flexibility index (Phi) is 9.46. The fourth-order valence-corrected chi connectivity index (χ4v) is 5.15. The third-order valence-corrected chi connectivity index (χ3v) is 8.47. The molecule has 4 rings (SSSR count). The van der Waals surface area contributed by atoms with Crippen LogP contribution in [-0.2, 0) is 21.7 Å². The average molecular weight is 617 g/mol. The van der Waals surface area contributed by atoms with E-state index in [9.17, 15) is 9.59 Å². The highest BCUT2D eigenvalue weighted by Gasteiger charge is 2.24. The quantitative estimate of drug-likeness (QED) is 0.234. The Morgan fingerprint density at radius 1 is 0.391 bits per heavy atom. The molecule has 2 N–H and O–H groups in total. The number of benzene rings is 4. The van der Waals surface area contributed by atoms with Gasteiger partial charge in [0.2, 0.25) is 0 Å². The maximum Gasteiger partial charge on any atom is 0.255 e. The summed E-state index contributed by atoms with van der Waals surface area (Å²) >= 11 is 0. The summed E-state index contributed by atoms with van der Waals surface area (Å²) in [7, 11) is 0. The van der Waals surface area contributed by atoms with Crippen LogP contribution in [-0.4, -0.2) is 11.8 Å². The Hall–Kier alpha value is -4.18. The van der Waals surface area contributed by atoms with Gasteiger partial charge in [0.05, 0.1) is 0 Å². The zero-order valence-electron chi connectivity index (χ0n) is 29.9. The Balaban J connectivity index is 1.48. The molecule has 242 valence electrons. The molecular weight excluding hydrogens is 564 g/mol. The molecule has 0 spiro atoms. The van der Waals surface area contributed by atoms with Crippen LogP contribution < -0.4 is 10.6 Å². The van der Waals surface area contributed by atoms with Gasteiger partial charge >= 0.3 is 0 Å². The number of nitrogens with one attached hydrogen (secondary N) is 2. The van der Waals surface area contributed by atoms with Crippen molar-refractivity contribution in [1.82, 2.24) is 0 Å². The van der Waals surface area contributed by atoms with E-state index in [4.69, 9.17) is 0 Å². The molecule has 2 amide bonds. The summed E-state index contributed by atoms with van der Waals surface area (Å²) in [5.41, 5.74) is 9.17. The van der Waals surface area contributed by atoms with Crippen LogP contribution in [0.25, 0.3) is 11.1 Å².